The lowest BCUT2D eigenvalue weighted by Gasteiger charge is -2.07. The molecule has 2 N–H and O–H groups in total. The van der Waals surface area contributed by atoms with Crippen LogP contribution in [0.1, 0.15) is 5.56 Å². The Labute approximate surface area is 132 Å². The lowest BCUT2D eigenvalue weighted by molar-refractivity contribution is -0.384. The van der Waals surface area contributed by atoms with Crippen LogP contribution < -0.4 is 4.72 Å². The van der Waals surface area contributed by atoms with Gasteiger partial charge in [-0.25, -0.2) is 8.42 Å². The van der Waals surface area contributed by atoms with Crippen molar-refractivity contribution in [1.29, 1.82) is 0 Å². The molecule has 0 amide bonds. The van der Waals surface area contributed by atoms with E-state index >= 15 is 0 Å². The smallest absolute Gasteiger partial charge is 0.297 e. The highest BCUT2D eigenvalue weighted by Gasteiger charge is 2.23. The second-order valence-electron chi connectivity index (χ2n) is 4.09. The van der Waals surface area contributed by atoms with Gasteiger partial charge in [0, 0.05) is 0 Å². The van der Waals surface area contributed by atoms with E-state index in [0.29, 0.717) is 3.79 Å². The van der Waals surface area contributed by atoms with E-state index in [0.717, 1.165) is 29.0 Å². The van der Waals surface area contributed by atoms with Gasteiger partial charge in [-0.15, -0.1) is 11.3 Å². The number of nitrogens with zero attached hydrogens (tertiary/aromatic N) is 1. The van der Waals surface area contributed by atoms with E-state index in [1.165, 1.54) is 12.1 Å². The molecule has 1 aromatic carbocycles. The van der Waals surface area contributed by atoms with Gasteiger partial charge in [0.15, 0.2) is 0 Å². The molecule has 1 aromatic heterocycles. The minimum Gasteiger partial charge on any atom is -0.508 e. The minimum absolute atomic E-state index is 0.0363. The van der Waals surface area contributed by atoms with E-state index in [1.54, 1.807) is 6.92 Å². The Morgan fingerprint density at radius 1 is 1.38 bits per heavy atom. The summed E-state index contributed by atoms with van der Waals surface area (Å²) in [6.45, 7) is 1.74. The maximum Gasteiger partial charge on any atom is 0.297 e. The van der Waals surface area contributed by atoms with Crippen LogP contribution in [0.15, 0.2) is 32.3 Å². The van der Waals surface area contributed by atoms with Gasteiger partial charge in [0.2, 0.25) is 0 Å². The van der Waals surface area contributed by atoms with Gasteiger partial charge in [-0.1, -0.05) is 0 Å². The average molecular weight is 393 g/mol. The first kappa shape index (κ1) is 15.7. The second-order valence-corrected chi connectivity index (χ2v) is 8.37. The molecule has 1 heterocycles. The van der Waals surface area contributed by atoms with Crippen LogP contribution >= 0.6 is 27.3 Å². The quantitative estimate of drug-likeness (QED) is 0.471. The van der Waals surface area contributed by atoms with Crippen molar-refractivity contribution >= 4 is 48.7 Å². The van der Waals surface area contributed by atoms with Crippen molar-refractivity contribution < 1.29 is 18.4 Å². The Bertz CT molecular complexity index is 797. The molecule has 0 bridgehead atoms. The Morgan fingerprint density at radius 3 is 2.57 bits per heavy atom. The number of benzene rings is 1. The van der Waals surface area contributed by atoms with E-state index in [9.17, 15) is 23.6 Å². The summed E-state index contributed by atoms with van der Waals surface area (Å²) in [5.41, 5.74) is 0.0199. The van der Waals surface area contributed by atoms with Gasteiger partial charge in [0.25, 0.3) is 15.7 Å². The summed E-state index contributed by atoms with van der Waals surface area (Å²) in [6, 6.07) is 4.65. The molecule has 2 aromatic rings. The molecule has 0 fully saturated rings. The number of nitro benzene ring substituents is 1. The molecular formula is C11H9BrN2O5S2. The fraction of sp³-hybridized carbons (Fsp3) is 0.0909. The Hall–Kier alpha value is -1.65. The average Bonchev–Trinajstić information content (AvgIpc) is 2.72. The molecule has 2 rings (SSSR count). The third-order valence-corrected chi connectivity index (χ3v) is 6.50. The van der Waals surface area contributed by atoms with Crippen molar-refractivity contribution in [3.8, 4) is 5.75 Å². The van der Waals surface area contributed by atoms with Crippen molar-refractivity contribution in [2.45, 2.75) is 11.1 Å². The zero-order valence-electron chi connectivity index (χ0n) is 10.5. The Balaban J connectivity index is 2.44. The Kier molecular flexibility index (Phi) is 4.21. The zero-order valence-corrected chi connectivity index (χ0v) is 13.8. The van der Waals surface area contributed by atoms with Gasteiger partial charge in [-0.3, -0.25) is 14.8 Å². The summed E-state index contributed by atoms with van der Waals surface area (Å²) >= 11 is 4.23. The summed E-state index contributed by atoms with van der Waals surface area (Å²) in [7, 11) is -3.93. The van der Waals surface area contributed by atoms with E-state index < -0.39 is 20.6 Å². The molecule has 0 spiro atoms. The predicted octanol–water partition coefficient (Wildman–Crippen LogP) is 3.23. The van der Waals surface area contributed by atoms with E-state index in [-0.39, 0.29) is 15.6 Å². The van der Waals surface area contributed by atoms with Gasteiger partial charge in [-0.05, 0) is 46.6 Å². The van der Waals surface area contributed by atoms with Crippen molar-refractivity contribution in [2.24, 2.45) is 0 Å². The largest absolute Gasteiger partial charge is 0.508 e. The van der Waals surface area contributed by atoms with Crippen molar-refractivity contribution in [3.05, 3.63) is 43.7 Å². The lowest BCUT2D eigenvalue weighted by Crippen LogP contribution is -2.12. The molecule has 21 heavy (non-hydrogen) atoms. The van der Waals surface area contributed by atoms with Gasteiger partial charge in [0.1, 0.15) is 15.6 Å². The number of hydrogen-bond acceptors (Lipinski definition) is 6. The molecule has 0 atom stereocenters. The monoisotopic (exact) mass is 392 g/mol. The van der Waals surface area contributed by atoms with E-state index in [4.69, 9.17) is 0 Å². The van der Waals surface area contributed by atoms with Gasteiger partial charge in [0.05, 0.1) is 14.8 Å². The number of phenols is 1. The van der Waals surface area contributed by atoms with Crippen LogP contribution in [0.25, 0.3) is 0 Å². The number of nitro groups is 1. The summed E-state index contributed by atoms with van der Waals surface area (Å²) in [6.07, 6.45) is 0. The number of phenolic OH excluding ortho intramolecular Hbond substituents is 1. The maximum atomic E-state index is 12.2. The zero-order chi connectivity index (χ0) is 15.8. The molecule has 0 saturated carbocycles. The third-order valence-electron chi connectivity index (χ3n) is 2.52. The first-order chi connectivity index (χ1) is 9.70. The van der Waals surface area contributed by atoms with Gasteiger partial charge in [-0.2, -0.15) is 0 Å². The van der Waals surface area contributed by atoms with Crippen LogP contribution in [0.4, 0.5) is 11.4 Å². The fourth-order valence-electron chi connectivity index (χ4n) is 1.52. The predicted molar refractivity (Wildman–Crippen MR) is 82.3 cm³/mol. The Morgan fingerprint density at radius 2 is 2.05 bits per heavy atom. The van der Waals surface area contributed by atoms with E-state index in [2.05, 4.69) is 20.7 Å². The minimum atomic E-state index is -3.93. The maximum absolute atomic E-state index is 12.2. The van der Waals surface area contributed by atoms with E-state index in [1.807, 2.05) is 0 Å². The first-order valence-corrected chi connectivity index (χ1v) is 8.56. The number of hydrogen-bond donors (Lipinski definition) is 2. The molecule has 7 nitrogen and oxygen atoms in total. The summed E-state index contributed by atoms with van der Waals surface area (Å²) < 4.78 is 27.3. The number of rotatable bonds is 4. The van der Waals surface area contributed by atoms with Crippen molar-refractivity contribution in [2.75, 3.05) is 4.72 Å². The SMILES string of the molecule is Cc1cc(S(=O)(=O)Nc2ccc(O)cc2[N+](=O)[O-])sc1Br. The molecule has 0 unspecified atom stereocenters. The van der Waals surface area contributed by atoms with Crippen molar-refractivity contribution in [3.63, 3.8) is 0 Å². The molecule has 0 radical (unpaired) electrons. The van der Waals surface area contributed by atoms with Crippen LogP contribution in [0.3, 0.4) is 0 Å². The van der Waals surface area contributed by atoms with Crippen LogP contribution in [-0.2, 0) is 10.0 Å². The molecule has 0 aliphatic rings. The van der Waals surface area contributed by atoms with Gasteiger partial charge >= 0.3 is 0 Å². The number of aryl methyl sites for hydroxylation is 1. The highest BCUT2D eigenvalue weighted by molar-refractivity contribution is 9.11. The number of sulfonamides is 1. The molecule has 0 aliphatic heterocycles. The standard InChI is InChI=1S/C11H9BrN2O5S2/c1-6-4-10(20-11(6)12)21(18,19)13-8-3-2-7(15)5-9(8)14(16)17/h2-5,13,15H,1H3. The number of aromatic hydroxyl groups is 1. The number of anilines is 1. The number of thiophene rings is 1. The molecule has 0 aliphatic carbocycles. The van der Waals surface area contributed by atoms with Crippen LogP contribution in [-0.4, -0.2) is 18.4 Å². The van der Waals surface area contributed by atoms with Gasteiger partial charge < -0.3 is 5.11 Å². The number of nitrogens with one attached hydrogen (secondary N) is 1. The summed E-state index contributed by atoms with van der Waals surface area (Å²) in [5.74, 6) is -0.320. The fourth-order valence-corrected chi connectivity index (χ4v) is 4.82. The van der Waals surface area contributed by atoms with Crippen molar-refractivity contribution in [1.82, 2.24) is 0 Å². The molecule has 112 valence electrons. The summed E-state index contributed by atoms with van der Waals surface area (Å²) in [5, 5.41) is 20.2. The van der Waals surface area contributed by atoms with Crippen LogP contribution in [0.2, 0.25) is 0 Å². The molecule has 0 saturated heterocycles. The topological polar surface area (TPSA) is 110 Å². The molecule has 10 heteroatoms. The normalized spacial score (nSPS) is 11.3. The summed E-state index contributed by atoms with van der Waals surface area (Å²) in [4.78, 5) is 10.1. The highest BCUT2D eigenvalue weighted by Crippen LogP contribution is 2.34. The van der Waals surface area contributed by atoms with Crippen LogP contribution in [0, 0.1) is 17.0 Å². The highest BCUT2D eigenvalue weighted by atomic mass is 79.9. The van der Waals surface area contributed by atoms with Crippen LogP contribution in [0.5, 0.6) is 5.75 Å². The third kappa shape index (κ3) is 3.34. The lowest BCUT2D eigenvalue weighted by atomic mass is 10.2. The second kappa shape index (κ2) is 5.62. The number of halogens is 1. The first-order valence-electron chi connectivity index (χ1n) is 5.47. The molecular weight excluding hydrogens is 384 g/mol.